The summed E-state index contributed by atoms with van der Waals surface area (Å²) in [5.74, 6) is -0.224. The first kappa shape index (κ1) is 11.6. The van der Waals surface area contributed by atoms with Gasteiger partial charge in [-0.1, -0.05) is 17.4 Å². The number of hydrogen-bond acceptors (Lipinski definition) is 4. The molecule has 0 radical (unpaired) electrons. The number of amides is 1. The second-order valence-corrected chi connectivity index (χ2v) is 4.10. The first-order valence-corrected chi connectivity index (χ1v) is 4.83. The van der Waals surface area contributed by atoms with Crippen molar-refractivity contribution in [3.8, 4) is 0 Å². The normalized spacial score (nSPS) is 11.1. The third-order valence-electron chi connectivity index (χ3n) is 2.10. The van der Waals surface area contributed by atoms with E-state index in [1.807, 2.05) is 0 Å². The molecule has 0 aromatic carbocycles. The summed E-state index contributed by atoms with van der Waals surface area (Å²) in [6.45, 7) is 3.66. The van der Waals surface area contributed by atoms with Crippen LogP contribution in [0.25, 0.3) is 0 Å². The van der Waals surface area contributed by atoms with Crippen molar-refractivity contribution in [2.75, 3.05) is 0 Å². The molecule has 0 saturated carbocycles. The van der Waals surface area contributed by atoms with E-state index >= 15 is 0 Å². The van der Waals surface area contributed by atoms with Crippen molar-refractivity contribution in [2.24, 2.45) is 11.1 Å². The van der Waals surface area contributed by atoms with E-state index in [0.717, 1.165) is 0 Å². The zero-order chi connectivity index (χ0) is 11.5. The predicted octanol–water partition coefficient (Wildman–Crippen LogP) is 0.603. The highest BCUT2D eigenvalue weighted by Crippen LogP contribution is 2.15. The Labute approximate surface area is 93.0 Å². The van der Waals surface area contributed by atoms with Gasteiger partial charge in [-0.05, 0) is 13.8 Å². The van der Waals surface area contributed by atoms with Gasteiger partial charge in [0.25, 0.3) is 0 Å². The summed E-state index contributed by atoms with van der Waals surface area (Å²) < 4.78 is 4.63. The molecule has 5 nitrogen and oxygen atoms in total. The first-order chi connectivity index (χ1) is 6.94. The fourth-order valence-corrected chi connectivity index (χ4v) is 0.925. The van der Waals surface area contributed by atoms with Gasteiger partial charge in [0.1, 0.15) is 12.0 Å². The molecule has 0 atom stereocenters. The molecule has 0 spiro atoms. The first-order valence-electron chi connectivity index (χ1n) is 4.42. The van der Waals surface area contributed by atoms with Gasteiger partial charge < -0.3 is 15.6 Å². The van der Waals surface area contributed by atoms with Gasteiger partial charge in [-0.15, -0.1) is 0 Å². The molecular formula is C9H13N3O2S. The molecular weight excluding hydrogens is 214 g/mol. The topological polar surface area (TPSA) is 81.2 Å². The summed E-state index contributed by atoms with van der Waals surface area (Å²) in [7, 11) is 0. The largest absolute Gasteiger partial charge is 0.392 e. The molecule has 0 unspecified atom stereocenters. The van der Waals surface area contributed by atoms with Crippen LogP contribution in [0.3, 0.4) is 0 Å². The van der Waals surface area contributed by atoms with Crippen LogP contribution in [0.4, 0.5) is 0 Å². The second-order valence-electron chi connectivity index (χ2n) is 3.66. The number of carbonyl (C=O) groups is 1. The zero-order valence-corrected chi connectivity index (χ0v) is 9.43. The van der Waals surface area contributed by atoms with Crippen molar-refractivity contribution in [3.63, 3.8) is 0 Å². The number of hydrogen-bond donors (Lipinski definition) is 2. The Morgan fingerprint density at radius 2 is 2.40 bits per heavy atom. The number of nitrogens with two attached hydrogens (primary N) is 1. The zero-order valence-electron chi connectivity index (χ0n) is 8.61. The quantitative estimate of drug-likeness (QED) is 0.736. The standard InChI is InChI=1S/C9H13N3O2S/c1-9(2,7(10)15)8(13)11-5-6-3-4-14-12-6/h3-4H,5H2,1-2H3,(H2,10,15)(H,11,13). The smallest absolute Gasteiger partial charge is 0.232 e. The molecule has 0 fully saturated rings. The molecule has 1 rings (SSSR count). The average molecular weight is 227 g/mol. The Morgan fingerprint density at radius 3 is 2.87 bits per heavy atom. The van der Waals surface area contributed by atoms with Crippen LogP contribution in [0.15, 0.2) is 16.9 Å². The monoisotopic (exact) mass is 227 g/mol. The summed E-state index contributed by atoms with van der Waals surface area (Å²) in [5.41, 5.74) is 5.26. The summed E-state index contributed by atoms with van der Waals surface area (Å²) in [4.78, 5) is 11.8. The van der Waals surface area contributed by atoms with E-state index in [2.05, 4.69) is 15.0 Å². The minimum absolute atomic E-state index is 0.167. The maximum absolute atomic E-state index is 11.7. The molecule has 1 aromatic heterocycles. The van der Waals surface area contributed by atoms with E-state index in [1.54, 1.807) is 19.9 Å². The Morgan fingerprint density at radius 1 is 1.73 bits per heavy atom. The van der Waals surface area contributed by atoms with Gasteiger partial charge in [0.15, 0.2) is 0 Å². The van der Waals surface area contributed by atoms with Crippen LogP contribution in [0.5, 0.6) is 0 Å². The second kappa shape index (κ2) is 4.39. The van der Waals surface area contributed by atoms with Gasteiger partial charge in [-0.3, -0.25) is 4.79 Å². The lowest BCUT2D eigenvalue weighted by molar-refractivity contribution is -0.126. The number of aromatic nitrogens is 1. The molecule has 0 aliphatic carbocycles. The lowest BCUT2D eigenvalue weighted by Crippen LogP contribution is -2.44. The van der Waals surface area contributed by atoms with E-state index in [1.165, 1.54) is 6.26 Å². The van der Waals surface area contributed by atoms with Crippen molar-refractivity contribution < 1.29 is 9.32 Å². The molecule has 0 saturated heterocycles. The van der Waals surface area contributed by atoms with Crippen LogP contribution in [0.1, 0.15) is 19.5 Å². The van der Waals surface area contributed by atoms with Gasteiger partial charge in [0.05, 0.1) is 16.9 Å². The van der Waals surface area contributed by atoms with Gasteiger partial charge in [-0.25, -0.2) is 0 Å². The summed E-state index contributed by atoms with van der Waals surface area (Å²) in [5, 5.41) is 6.34. The lowest BCUT2D eigenvalue weighted by Gasteiger charge is -2.21. The molecule has 1 aromatic rings. The molecule has 82 valence electrons. The SMILES string of the molecule is CC(C)(C(=O)NCc1ccon1)C(N)=S. The fourth-order valence-electron chi connectivity index (χ4n) is 0.832. The van der Waals surface area contributed by atoms with E-state index in [-0.39, 0.29) is 10.9 Å². The summed E-state index contributed by atoms with van der Waals surface area (Å²) >= 11 is 4.80. The van der Waals surface area contributed by atoms with Gasteiger partial charge in [0.2, 0.25) is 5.91 Å². The number of carbonyl (C=O) groups excluding carboxylic acids is 1. The van der Waals surface area contributed by atoms with Crippen molar-refractivity contribution in [1.29, 1.82) is 0 Å². The van der Waals surface area contributed by atoms with Crippen LogP contribution in [0.2, 0.25) is 0 Å². The summed E-state index contributed by atoms with van der Waals surface area (Å²) in [6, 6.07) is 1.67. The third-order valence-corrected chi connectivity index (χ3v) is 2.62. The van der Waals surface area contributed by atoms with E-state index < -0.39 is 5.41 Å². The minimum atomic E-state index is -0.848. The molecule has 3 N–H and O–H groups in total. The highest BCUT2D eigenvalue weighted by molar-refractivity contribution is 7.80. The highest BCUT2D eigenvalue weighted by Gasteiger charge is 2.30. The minimum Gasteiger partial charge on any atom is -0.392 e. The molecule has 0 bridgehead atoms. The Balaban J connectivity index is 2.53. The number of nitrogens with zero attached hydrogens (tertiary/aromatic N) is 1. The van der Waals surface area contributed by atoms with E-state index in [9.17, 15) is 4.79 Å². The Kier molecular flexibility index (Phi) is 3.41. The maximum Gasteiger partial charge on any atom is 0.232 e. The molecule has 6 heteroatoms. The van der Waals surface area contributed by atoms with Gasteiger partial charge in [-0.2, -0.15) is 0 Å². The lowest BCUT2D eigenvalue weighted by atomic mass is 9.92. The van der Waals surface area contributed by atoms with Gasteiger partial charge >= 0.3 is 0 Å². The number of thiocarbonyl (C=S) groups is 1. The van der Waals surface area contributed by atoms with Crippen molar-refractivity contribution in [1.82, 2.24) is 10.5 Å². The van der Waals surface area contributed by atoms with Crippen LogP contribution < -0.4 is 11.1 Å². The van der Waals surface area contributed by atoms with Crippen LogP contribution in [0, 0.1) is 5.41 Å². The Bertz CT molecular complexity index is 359. The average Bonchev–Trinajstić information content (AvgIpc) is 2.66. The third kappa shape index (κ3) is 2.76. The van der Waals surface area contributed by atoms with Crippen molar-refractivity contribution in [3.05, 3.63) is 18.0 Å². The highest BCUT2D eigenvalue weighted by atomic mass is 32.1. The van der Waals surface area contributed by atoms with E-state index in [0.29, 0.717) is 12.2 Å². The van der Waals surface area contributed by atoms with E-state index in [4.69, 9.17) is 18.0 Å². The van der Waals surface area contributed by atoms with Crippen molar-refractivity contribution >= 4 is 23.1 Å². The maximum atomic E-state index is 11.7. The van der Waals surface area contributed by atoms with Crippen LogP contribution in [-0.2, 0) is 11.3 Å². The van der Waals surface area contributed by atoms with Crippen LogP contribution >= 0.6 is 12.2 Å². The van der Waals surface area contributed by atoms with Crippen molar-refractivity contribution in [2.45, 2.75) is 20.4 Å². The predicted molar refractivity (Wildman–Crippen MR) is 58.9 cm³/mol. The van der Waals surface area contributed by atoms with Gasteiger partial charge in [0, 0.05) is 6.07 Å². The Hall–Kier alpha value is -1.43. The molecule has 0 aliphatic rings. The number of rotatable bonds is 4. The summed E-state index contributed by atoms with van der Waals surface area (Å²) in [6.07, 6.45) is 1.44. The molecule has 1 amide bonds. The number of nitrogens with one attached hydrogen (secondary N) is 1. The fraction of sp³-hybridized carbons (Fsp3) is 0.444. The van der Waals surface area contributed by atoms with Crippen LogP contribution in [-0.4, -0.2) is 16.1 Å². The molecule has 1 heterocycles. The molecule has 0 aliphatic heterocycles. The molecule has 15 heavy (non-hydrogen) atoms.